The summed E-state index contributed by atoms with van der Waals surface area (Å²) in [6.45, 7) is 11.9. The molecule has 0 radical (unpaired) electrons. The van der Waals surface area contributed by atoms with Crippen LogP contribution in [0.15, 0.2) is 16.6 Å². The lowest BCUT2D eigenvalue weighted by atomic mass is 10.1. The van der Waals surface area contributed by atoms with Crippen molar-refractivity contribution in [2.45, 2.75) is 53.1 Å². The van der Waals surface area contributed by atoms with Gasteiger partial charge in [0.1, 0.15) is 6.04 Å². The van der Waals surface area contributed by atoms with Gasteiger partial charge in [-0.05, 0) is 64.8 Å². The first-order valence-corrected chi connectivity index (χ1v) is 7.25. The number of aryl methyl sites for hydroxylation is 2. The first-order valence-electron chi connectivity index (χ1n) is 6.45. The molecule has 3 nitrogen and oxygen atoms in total. The number of halogens is 1. The van der Waals surface area contributed by atoms with Gasteiger partial charge in [-0.1, -0.05) is 15.9 Å². The lowest BCUT2D eigenvalue weighted by Gasteiger charge is -2.25. The van der Waals surface area contributed by atoms with Crippen molar-refractivity contribution in [2.24, 2.45) is 0 Å². The molecule has 0 fully saturated rings. The predicted octanol–water partition coefficient (Wildman–Crippen LogP) is 3.78. The smallest absolute Gasteiger partial charge is 0.242 e. The number of nitrogens with one attached hydrogen (secondary N) is 2. The topological polar surface area (TPSA) is 41.1 Å². The minimum atomic E-state index is -0.266. The van der Waals surface area contributed by atoms with Crippen LogP contribution in [0.25, 0.3) is 0 Å². The van der Waals surface area contributed by atoms with Crippen molar-refractivity contribution in [1.29, 1.82) is 0 Å². The summed E-state index contributed by atoms with van der Waals surface area (Å²) in [4.78, 5) is 12.1. The van der Waals surface area contributed by atoms with E-state index in [9.17, 15) is 4.79 Å². The Hall–Kier alpha value is -1.03. The Balaban J connectivity index is 2.83. The molecule has 0 bridgehead atoms. The second-order valence-corrected chi connectivity index (χ2v) is 6.94. The summed E-state index contributed by atoms with van der Waals surface area (Å²) in [6, 6.07) is 3.82. The van der Waals surface area contributed by atoms with Gasteiger partial charge in [-0.15, -0.1) is 0 Å². The summed E-state index contributed by atoms with van der Waals surface area (Å²) in [5, 5.41) is 6.27. The van der Waals surface area contributed by atoms with Crippen molar-refractivity contribution in [3.05, 3.63) is 27.7 Å². The van der Waals surface area contributed by atoms with Crippen LogP contribution in [0.5, 0.6) is 0 Å². The SMILES string of the molecule is Cc1cc(Br)cc(C)c1NC(C)C(=O)NC(C)(C)C. The number of anilines is 1. The molecule has 0 aromatic heterocycles. The van der Waals surface area contributed by atoms with Crippen molar-refractivity contribution in [3.63, 3.8) is 0 Å². The second kappa shape index (κ2) is 5.95. The fraction of sp³-hybridized carbons (Fsp3) is 0.533. The van der Waals surface area contributed by atoms with Gasteiger partial charge in [0, 0.05) is 15.7 Å². The molecule has 0 aliphatic carbocycles. The van der Waals surface area contributed by atoms with Crippen LogP contribution in [-0.2, 0) is 4.79 Å². The van der Waals surface area contributed by atoms with Crippen LogP contribution in [0.4, 0.5) is 5.69 Å². The molecule has 1 rings (SSSR count). The Kier molecular flexibility index (Phi) is 5.02. The number of rotatable bonds is 3. The quantitative estimate of drug-likeness (QED) is 0.887. The molecule has 1 aromatic carbocycles. The summed E-state index contributed by atoms with van der Waals surface area (Å²) < 4.78 is 1.06. The van der Waals surface area contributed by atoms with Crippen LogP contribution in [-0.4, -0.2) is 17.5 Å². The Labute approximate surface area is 124 Å². The van der Waals surface area contributed by atoms with Gasteiger partial charge in [-0.3, -0.25) is 4.79 Å². The monoisotopic (exact) mass is 326 g/mol. The molecular weight excluding hydrogens is 304 g/mol. The number of carbonyl (C=O) groups excluding carboxylic acids is 1. The molecule has 4 heteroatoms. The number of carbonyl (C=O) groups is 1. The highest BCUT2D eigenvalue weighted by atomic mass is 79.9. The zero-order chi connectivity index (χ0) is 14.8. The second-order valence-electron chi connectivity index (χ2n) is 6.02. The third kappa shape index (κ3) is 4.86. The van der Waals surface area contributed by atoms with Crippen LogP contribution in [0.2, 0.25) is 0 Å². The molecule has 1 aromatic rings. The molecule has 0 spiro atoms. The maximum absolute atomic E-state index is 12.1. The Morgan fingerprint density at radius 1 is 1.21 bits per heavy atom. The van der Waals surface area contributed by atoms with Gasteiger partial charge in [-0.25, -0.2) is 0 Å². The summed E-state index contributed by atoms with van der Waals surface area (Å²) in [5.41, 5.74) is 3.07. The van der Waals surface area contributed by atoms with Gasteiger partial charge in [0.05, 0.1) is 0 Å². The third-order valence-corrected chi connectivity index (χ3v) is 3.21. The summed E-state index contributed by atoms with van der Waals surface area (Å²) in [5.74, 6) is 0.00854. The molecule has 0 aliphatic rings. The van der Waals surface area contributed by atoms with E-state index in [1.165, 1.54) is 0 Å². The van der Waals surface area contributed by atoms with Gasteiger partial charge in [0.25, 0.3) is 0 Å². The van der Waals surface area contributed by atoms with Gasteiger partial charge in [0.2, 0.25) is 5.91 Å². The van der Waals surface area contributed by atoms with E-state index in [-0.39, 0.29) is 17.5 Å². The molecular formula is C15H23BrN2O. The molecule has 2 N–H and O–H groups in total. The summed E-state index contributed by atoms with van der Waals surface area (Å²) >= 11 is 3.47. The fourth-order valence-corrected chi connectivity index (χ4v) is 2.59. The zero-order valence-electron chi connectivity index (χ0n) is 12.5. The highest BCUT2D eigenvalue weighted by molar-refractivity contribution is 9.10. The lowest BCUT2D eigenvalue weighted by Crippen LogP contribution is -2.47. The average molecular weight is 327 g/mol. The van der Waals surface area contributed by atoms with E-state index >= 15 is 0 Å². The maximum atomic E-state index is 12.1. The summed E-state index contributed by atoms with van der Waals surface area (Å²) in [7, 11) is 0. The van der Waals surface area contributed by atoms with Gasteiger partial charge < -0.3 is 10.6 Å². The minimum absolute atomic E-state index is 0.00854. The van der Waals surface area contributed by atoms with Gasteiger partial charge in [-0.2, -0.15) is 0 Å². The van der Waals surface area contributed by atoms with E-state index in [0.717, 1.165) is 21.3 Å². The molecule has 106 valence electrons. The summed E-state index contributed by atoms with van der Waals surface area (Å²) in [6.07, 6.45) is 0. The Morgan fingerprint density at radius 3 is 2.11 bits per heavy atom. The number of benzene rings is 1. The number of hydrogen-bond donors (Lipinski definition) is 2. The van der Waals surface area contributed by atoms with E-state index in [0.29, 0.717) is 0 Å². The third-order valence-electron chi connectivity index (χ3n) is 2.75. The highest BCUT2D eigenvalue weighted by Crippen LogP contribution is 2.25. The first-order chi connectivity index (χ1) is 8.60. The van der Waals surface area contributed by atoms with Gasteiger partial charge >= 0.3 is 0 Å². The van der Waals surface area contributed by atoms with E-state index in [1.807, 2.05) is 53.7 Å². The van der Waals surface area contributed by atoms with Crippen LogP contribution >= 0.6 is 15.9 Å². The molecule has 19 heavy (non-hydrogen) atoms. The van der Waals surface area contributed by atoms with Crippen molar-refractivity contribution in [2.75, 3.05) is 5.32 Å². The van der Waals surface area contributed by atoms with Crippen molar-refractivity contribution < 1.29 is 4.79 Å². The van der Waals surface area contributed by atoms with Crippen LogP contribution in [0.3, 0.4) is 0 Å². The van der Waals surface area contributed by atoms with E-state index < -0.39 is 0 Å². The Bertz CT molecular complexity index is 455. The standard InChI is InChI=1S/C15H23BrN2O/c1-9-7-12(16)8-10(2)13(9)17-11(3)14(19)18-15(4,5)6/h7-8,11,17H,1-6H3,(H,18,19). The van der Waals surface area contributed by atoms with Crippen molar-refractivity contribution in [3.8, 4) is 0 Å². The largest absolute Gasteiger partial charge is 0.373 e. The van der Waals surface area contributed by atoms with E-state index in [1.54, 1.807) is 0 Å². The number of hydrogen-bond acceptors (Lipinski definition) is 2. The minimum Gasteiger partial charge on any atom is -0.373 e. The molecule has 0 aliphatic heterocycles. The molecule has 0 heterocycles. The molecule has 1 atom stereocenters. The fourth-order valence-electron chi connectivity index (χ4n) is 1.90. The predicted molar refractivity (Wildman–Crippen MR) is 84.6 cm³/mol. The van der Waals surface area contributed by atoms with Crippen LogP contribution < -0.4 is 10.6 Å². The number of amides is 1. The first kappa shape index (κ1) is 16.0. The van der Waals surface area contributed by atoms with Crippen LogP contribution in [0.1, 0.15) is 38.8 Å². The molecule has 0 saturated heterocycles. The molecule has 1 unspecified atom stereocenters. The van der Waals surface area contributed by atoms with E-state index in [2.05, 4.69) is 26.6 Å². The van der Waals surface area contributed by atoms with Crippen molar-refractivity contribution in [1.82, 2.24) is 5.32 Å². The molecule has 0 saturated carbocycles. The normalized spacial score (nSPS) is 13.0. The Morgan fingerprint density at radius 2 is 1.68 bits per heavy atom. The molecule has 1 amide bonds. The van der Waals surface area contributed by atoms with Crippen molar-refractivity contribution >= 4 is 27.5 Å². The average Bonchev–Trinajstić information content (AvgIpc) is 2.20. The van der Waals surface area contributed by atoms with E-state index in [4.69, 9.17) is 0 Å². The maximum Gasteiger partial charge on any atom is 0.242 e. The lowest BCUT2D eigenvalue weighted by molar-refractivity contribution is -0.122. The zero-order valence-corrected chi connectivity index (χ0v) is 14.1. The van der Waals surface area contributed by atoms with Gasteiger partial charge in [0.15, 0.2) is 0 Å². The van der Waals surface area contributed by atoms with Crippen LogP contribution in [0, 0.1) is 13.8 Å². The highest BCUT2D eigenvalue weighted by Gasteiger charge is 2.20.